The van der Waals surface area contributed by atoms with E-state index in [0.29, 0.717) is 23.6 Å². The summed E-state index contributed by atoms with van der Waals surface area (Å²) in [6.07, 6.45) is 3.42. The number of nitro groups is 1. The van der Waals surface area contributed by atoms with Crippen LogP contribution in [0.25, 0.3) is 0 Å². The van der Waals surface area contributed by atoms with Crippen molar-refractivity contribution in [2.75, 3.05) is 6.54 Å². The van der Waals surface area contributed by atoms with Crippen molar-refractivity contribution in [2.45, 2.75) is 58.2 Å². The molecule has 1 aromatic carbocycles. The number of fused-ring (bicyclic) bond motifs is 1. The number of halogens is 1. The summed E-state index contributed by atoms with van der Waals surface area (Å²) in [5.41, 5.74) is 0.154. The molecule has 134 valence electrons. The number of benzene rings is 1. The molecule has 24 heavy (non-hydrogen) atoms. The largest absolute Gasteiger partial charge is 0.484 e. The molecule has 0 aliphatic carbocycles. The molecule has 0 bridgehead atoms. The fourth-order valence-electron chi connectivity index (χ4n) is 2.65. The molecule has 1 heterocycles. The third-order valence-corrected chi connectivity index (χ3v) is 4.03. The van der Waals surface area contributed by atoms with E-state index in [2.05, 4.69) is 11.9 Å². The molecule has 1 atom stereocenters. The summed E-state index contributed by atoms with van der Waals surface area (Å²) >= 11 is 0. The molecule has 1 aliphatic heterocycles. The van der Waals surface area contributed by atoms with Gasteiger partial charge in [0.2, 0.25) is 0 Å². The molecule has 7 heteroatoms. The van der Waals surface area contributed by atoms with E-state index < -0.39 is 16.6 Å². The first-order valence-corrected chi connectivity index (χ1v) is 8.07. The Morgan fingerprint density at radius 2 is 2.04 bits per heavy atom. The van der Waals surface area contributed by atoms with Crippen LogP contribution >= 0.6 is 12.4 Å². The lowest BCUT2D eigenvalue weighted by Gasteiger charge is -2.37. The number of ether oxygens (including phenoxy) is 1. The van der Waals surface area contributed by atoms with Crippen molar-refractivity contribution in [3.05, 3.63) is 33.9 Å². The second kappa shape index (κ2) is 8.44. The quantitative estimate of drug-likeness (QED) is 0.475. The topological polar surface area (TPSA) is 85.0 Å². The van der Waals surface area contributed by atoms with E-state index in [1.165, 1.54) is 12.1 Å². The number of aliphatic imine (C=N–C) groups is 1. The van der Waals surface area contributed by atoms with Crippen LogP contribution in [0.2, 0.25) is 0 Å². The van der Waals surface area contributed by atoms with Gasteiger partial charge in [0.1, 0.15) is 17.5 Å². The zero-order valence-corrected chi connectivity index (χ0v) is 15.1. The van der Waals surface area contributed by atoms with Gasteiger partial charge in [-0.3, -0.25) is 15.1 Å². The van der Waals surface area contributed by atoms with Gasteiger partial charge in [0.25, 0.3) is 5.69 Å². The van der Waals surface area contributed by atoms with E-state index in [1.54, 1.807) is 19.9 Å². The molecule has 0 amide bonds. The van der Waals surface area contributed by atoms with Crippen molar-refractivity contribution >= 4 is 23.8 Å². The Morgan fingerprint density at radius 1 is 1.33 bits per heavy atom. The maximum Gasteiger partial charge on any atom is 0.270 e. The van der Waals surface area contributed by atoms with Gasteiger partial charge in [-0.2, -0.15) is 0 Å². The van der Waals surface area contributed by atoms with E-state index in [-0.39, 0.29) is 18.1 Å². The van der Waals surface area contributed by atoms with E-state index in [0.717, 1.165) is 25.7 Å². The van der Waals surface area contributed by atoms with E-state index in [1.807, 2.05) is 0 Å². The van der Waals surface area contributed by atoms with Crippen LogP contribution in [0.15, 0.2) is 23.2 Å². The smallest absolute Gasteiger partial charge is 0.270 e. The van der Waals surface area contributed by atoms with Crippen molar-refractivity contribution in [2.24, 2.45) is 4.99 Å². The normalized spacial score (nSPS) is 20.0. The van der Waals surface area contributed by atoms with Gasteiger partial charge in [-0.05, 0) is 26.3 Å². The number of rotatable bonds is 6. The van der Waals surface area contributed by atoms with Crippen LogP contribution in [-0.4, -0.2) is 34.0 Å². The monoisotopic (exact) mass is 356 g/mol. The van der Waals surface area contributed by atoms with Crippen molar-refractivity contribution in [1.29, 1.82) is 0 Å². The maximum atomic E-state index is 11.0. The SMILES string of the molecule is CCCCCCN=C1c2cc([N+](=O)[O-])ccc2OC(C)(C)C1O.Cl. The average molecular weight is 357 g/mol. The van der Waals surface area contributed by atoms with Gasteiger partial charge in [0.15, 0.2) is 0 Å². The zero-order valence-electron chi connectivity index (χ0n) is 14.3. The number of nitrogens with zero attached hydrogens (tertiary/aromatic N) is 2. The Hall–Kier alpha value is -1.66. The molecule has 0 spiro atoms. The van der Waals surface area contributed by atoms with Gasteiger partial charge >= 0.3 is 0 Å². The first-order chi connectivity index (χ1) is 10.9. The van der Waals surface area contributed by atoms with Crippen LogP contribution < -0.4 is 4.74 Å². The third-order valence-electron chi connectivity index (χ3n) is 4.03. The van der Waals surface area contributed by atoms with Gasteiger partial charge < -0.3 is 9.84 Å². The number of hydrogen-bond acceptors (Lipinski definition) is 5. The molecule has 0 aromatic heterocycles. The fourth-order valence-corrected chi connectivity index (χ4v) is 2.65. The first kappa shape index (κ1) is 20.4. The highest BCUT2D eigenvalue weighted by atomic mass is 35.5. The van der Waals surface area contributed by atoms with Gasteiger partial charge in [0, 0.05) is 24.2 Å². The number of unbranched alkanes of at least 4 members (excludes halogenated alkanes) is 3. The van der Waals surface area contributed by atoms with Crippen LogP contribution in [0.5, 0.6) is 5.75 Å². The van der Waals surface area contributed by atoms with Crippen molar-refractivity contribution < 1.29 is 14.8 Å². The minimum atomic E-state index is -0.914. The Kier molecular flexibility index (Phi) is 7.17. The van der Waals surface area contributed by atoms with Gasteiger partial charge in [-0.1, -0.05) is 26.2 Å². The molecule has 1 aliphatic rings. The predicted octanol–water partition coefficient (Wildman–Crippen LogP) is 3.92. The number of nitro benzene ring substituents is 1. The molecule has 1 N–H and O–H groups in total. The summed E-state index contributed by atoms with van der Waals surface area (Å²) in [6, 6.07) is 4.41. The predicted molar refractivity (Wildman–Crippen MR) is 96.6 cm³/mol. The second-order valence-corrected chi connectivity index (χ2v) is 6.37. The van der Waals surface area contributed by atoms with Gasteiger partial charge in [0.05, 0.1) is 10.6 Å². The molecule has 0 radical (unpaired) electrons. The van der Waals surface area contributed by atoms with E-state index in [9.17, 15) is 15.2 Å². The van der Waals surface area contributed by atoms with Crippen LogP contribution in [0.3, 0.4) is 0 Å². The van der Waals surface area contributed by atoms with E-state index in [4.69, 9.17) is 4.74 Å². The molecule has 1 unspecified atom stereocenters. The van der Waals surface area contributed by atoms with Crippen LogP contribution in [0.4, 0.5) is 5.69 Å². The van der Waals surface area contributed by atoms with Crippen LogP contribution in [-0.2, 0) is 0 Å². The Balaban J connectivity index is 0.00000288. The maximum absolute atomic E-state index is 11.0. The number of aliphatic hydroxyl groups is 1. The van der Waals surface area contributed by atoms with E-state index >= 15 is 0 Å². The summed E-state index contributed by atoms with van der Waals surface area (Å²) in [4.78, 5) is 15.1. The number of hydrogen-bond donors (Lipinski definition) is 1. The molecule has 0 saturated heterocycles. The van der Waals surface area contributed by atoms with Crippen molar-refractivity contribution in [3.63, 3.8) is 0 Å². The molecule has 2 rings (SSSR count). The minimum Gasteiger partial charge on any atom is -0.484 e. The summed E-state index contributed by atoms with van der Waals surface area (Å²) in [5.74, 6) is 0.526. The summed E-state index contributed by atoms with van der Waals surface area (Å²) < 4.78 is 5.79. The highest BCUT2D eigenvalue weighted by Crippen LogP contribution is 2.35. The Labute approximate surface area is 148 Å². The average Bonchev–Trinajstić information content (AvgIpc) is 2.49. The van der Waals surface area contributed by atoms with Gasteiger partial charge in [-0.15, -0.1) is 12.4 Å². The minimum absolute atomic E-state index is 0. The van der Waals surface area contributed by atoms with Crippen LogP contribution in [0, 0.1) is 10.1 Å². The van der Waals surface area contributed by atoms with Crippen molar-refractivity contribution in [1.82, 2.24) is 0 Å². The van der Waals surface area contributed by atoms with Gasteiger partial charge in [-0.25, -0.2) is 0 Å². The zero-order chi connectivity index (χ0) is 17.0. The second-order valence-electron chi connectivity index (χ2n) is 6.37. The summed E-state index contributed by atoms with van der Waals surface area (Å²) in [7, 11) is 0. The standard InChI is InChI=1S/C17H24N2O4.ClH/c1-4-5-6-7-10-18-15-13-11-12(19(21)22)8-9-14(13)23-17(2,3)16(15)20;/h8-9,11,16,20H,4-7,10H2,1-3H3;1H. The summed E-state index contributed by atoms with van der Waals surface area (Å²) in [5, 5.41) is 21.5. The first-order valence-electron chi connectivity index (χ1n) is 8.07. The molecule has 6 nitrogen and oxygen atoms in total. The molecular weight excluding hydrogens is 332 g/mol. The highest BCUT2D eigenvalue weighted by molar-refractivity contribution is 6.08. The number of aliphatic hydroxyl groups excluding tert-OH is 1. The Bertz CT molecular complexity index is 617. The van der Waals surface area contributed by atoms with Crippen molar-refractivity contribution in [3.8, 4) is 5.75 Å². The lowest BCUT2D eigenvalue weighted by molar-refractivity contribution is -0.384. The number of non-ortho nitro benzene ring substituents is 1. The molecule has 1 aromatic rings. The molecular formula is C17H25ClN2O4. The van der Waals surface area contributed by atoms with Crippen LogP contribution in [0.1, 0.15) is 52.0 Å². The third kappa shape index (κ3) is 4.45. The Morgan fingerprint density at radius 3 is 2.67 bits per heavy atom. The lowest BCUT2D eigenvalue weighted by Crippen LogP contribution is -2.50. The highest BCUT2D eigenvalue weighted by Gasteiger charge is 2.40. The summed E-state index contributed by atoms with van der Waals surface area (Å²) in [6.45, 7) is 6.32. The fraction of sp³-hybridized carbons (Fsp3) is 0.588. The lowest BCUT2D eigenvalue weighted by atomic mass is 9.89. The molecule has 0 saturated carbocycles. The molecule has 0 fully saturated rings.